The summed E-state index contributed by atoms with van der Waals surface area (Å²) >= 11 is 14.4. The van der Waals surface area contributed by atoms with Crippen molar-refractivity contribution in [2.45, 2.75) is 0 Å². The predicted molar refractivity (Wildman–Crippen MR) is 61.2 cm³/mol. The van der Waals surface area contributed by atoms with E-state index in [1.54, 1.807) is 0 Å². The number of nitro groups is 1. The van der Waals surface area contributed by atoms with Crippen molar-refractivity contribution in [2.24, 2.45) is 0 Å². The Bertz CT molecular complexity index is 436. The Hall–Kier alpha value is -0.650. The number of hydrogen-bond donors (Lipinski definition) is 0. The average molecular weight is 313 g/mol. The van der Waals surface area contributed by atoms with Crippen LogP contribution in [0.5, 0.6) is 0 Å². The smallest absolute Gasteiger partial charge is 0.289 e. The van der Waals surface area contributed by atoms with Gasteiger partial charge >= 0.3 is 0 Å². The van der Waals surface area contributed by atoms with Gasteiger partial charge in [0, 0.05) is 11.6 Å². The Kier molecular flexibility index (Phi) is 4.07. The number of rotatable bonds is 3. The van der Waals surface area contributed by atoms with E-state index < -0.39 is 4.92 Å². The molecule has 0 bridgehead atoms. The van der Waals surface area contributed by atoms with Crippen molar-refractivity contribution < 1.29 is 9.72 Å². The van der Waals surface area contributed by atoms with Crippen LogP contribution in [0.2, 0.25) is 10.0 Å². The van der Waals surface area contributed by atoms with E-state index in [-0.39, 0.29) is 32.4 Å². The molecule has 0 fully saturated rings. The van der Waals surface area contributed by atoms with E-state index in [1.165, 1.54) is 6.07 Å². The molecule has 4 nitrogen and oxygen atoms in total. The molecule has 15 heavy (non-hydrogen) atoms. The van der Waals surface area contributed by atoms with Gasteiger partial charge in [0.05, 0.1) is 15.3 Å². The number of ketones is 1. The second-order valence-electron chi connectivity index (χ2n) is 2.57. The van der Waals surface area contributed by atoms with Crippen molar-refractivity contribution in [1.29, 1.82) is 0 Å². The molecule has 0 aliphatic heterocycles. The van der Waals surface area contributed by atoms with Crippen LogP contribution >= 0.6 is 39.1 Å². The topological polar surface area (TPSA) is 60.2 Å². The summed E-state index contributed by atoms with van der Waals surface area (Å²) in [5.74, 6) is -0.281. The maximum absolute atomic E-state index is 11.3. The molecule has 0 unspecified atom stereocenters. The zero-order valence-electron chi connectivity index (χ0n) is 7.17. The first-order valence-corrected chi connectivity index (χ1v) is 5.58. The van der Waals surface area contributed by atoms with Crippen LogP contribution < -0.4 is 0 Å². The number of nitrogens with zero attached hydrogens (tertiary/aromatic N) is 1. The van der Waals surface area contributed by atoms with Crippen molar-refractivity contribution in [2.75, 3.05) is 5.33 Å². The minimum Gasteiger partial charge on any atom is -0.293 e. The second kappa shape index (κ2) is 4.92. The van der Waals surface area contributed by atoms with Crippen LogP contribution in [0.15, 0.2) is 12.1 Å². The first-order valence-electron chi connectivity index (χ1n) is 3.70. The van der Waals surface area contributed by atoms with Gasteiger partial charge in [0.1, 0.15) is 5.02 Å². The molecule has 0 saturated carbocycles. The molecule has 0 aliphatic carbocycles. The fourth-order valence-electron chi connectivity index (χ4n) is 0.968. The monoisotopic (exact) mass is 311 g/mol. The van der Waals surface area contributed by atoms with Crippen molar-refractivity contribution in [3.05, 3.63) is 37.9 Å². The summed E-state index contributed by atoms with van der Waals surface area (Å²) < 4.78 is 0. The normalized spacial score (nSPS) is 10.1. The molecule has 0 aliphatic rings. The van der Waals surface area contributed by atoms with Crippen LogP contribution in [0.4, 0.5) is 5.69 Å². The van der Waals surface area contributed by atoms with Gasteiger partial charge in [-0.2, -0.15) is 0 Å². The molecule has 0 aromatic heterocycles. The summed E-state index contributed by atoms with van der Waals surface area (Å²) in [5, 5.41) is 10.3. The number of carbonyl (C=O) groups excluding carboxylic acids is 1. The highest BCUT2D eigenvalue weighted by molar-refractivity contribution is 9.09. The lowest BCUT2D eigenvalue weighted by atomic mass is 10.1. The first-order chi connectivity index (χ1) is 6.99. The highest BCUT2D eigenvalue weighted by atomic mass is 79.9. The zero-order chi connectivity index (χ0) is 11.6. The molecule has 1 aromatic carbocycles. The standard InChI is InChI=1S/C8H4BrCl2NO3/c9-3-6(13)4-1-2-5(12(14)15)8(11)7(4)10/h1-2H,3H2. The van der Waals surface area contributed by atoms with Gasteiger partial charge in [0.15, 0.2) is 5.78 Å². The van der Waals surface area contributed by atoms with Crippen molar-refractivity contribution in [3.8, 4) is 0 Å². The molecule has 1 aromatic rings. The van der Waals surface area contributed by atoms with Crippen molar-refractivity contribution in [1.82, 2.24) is 0 Å². The first kappa shape index (κ1) is 12.4. The fraction of sp³-hybridized carbons (Fsp3) is 0.125. The Morgan fingerprint density at radius 2 is 2.00 bits per heavy atom. The maximum atomic E-state index is 11.3. The molecule has 0 spiro atoms. The van der Waals surface area contributed by atoms with Crippen LogP contribution in [0.1, 0.15) is 10.4 Å². The Balaban J connectivity index is 3.33. The maximum Gasteiger partial charge on any atom is 0.289 e. The Morgan fingerprint density at radius 3 is 2.47 bits per heavy atom. The van der Waals surface area contributed by atoms with Gasteiger partial charge in [-0.3, -0.25) is 14.9 Å². The number of halogens is 3. The quantitative estimate of drug-likeness (QED) is 0.371. The van der Waals surface area contributed by atoms with E-state index >= 15 is 0 Å². The molecule has 0 atom stereocenters. The Morgan fingerprint density at radius 1 is 1.40 bits per heavy atom. The number of hydrogen-bond acceptors (Lipinski definition) is 3. The molecular weight excluding hydrogens is 309 g/mol. The summed E-state index contributed by atoms with van der Waals surface area (Å²) in [6, 6.07) is 2.44. The van der Waals surface area contributed by atoms with Gasteiger partial charge in [-0.25, -0.2) is 0 Å². The van der Waals surface area contributed by atoms with E-state index in [9.17, 15) is 14.9 Å². The second-order valence-corrected chi connectivity index (χ2v) is 3.89. The highest BCUT2D eigenvalue weighted by Gasteiger charge is 2.20. The fourth-order valence-corrected chi connectivity index (χ4v) is 1.77. The van der Waals surface area contributed by atoms with E-state index in [0.717, 1.165) is 6.07 Å². The van der Waals surface area contributed by atoms with Crippen molar-refractivity contribution >= 4 is 50.6 Å². The minimum absolute atomic E-state index is 0.0842. The van der Waals surface area contributed by atoms with Crippen LogP contribution in [0.25, 0.3) is 0 Å². The van der Waals surface area contributed by atoms with Gasteiger partial charge < -0.3 is 0 Å². The van der Waals surface area contributed by atoms with Crippen LogP contribution in [0.3, 0.4) is 0 Å². The Labute approximate surface area is 103 Å². The highest BCUT2D eigenvalue weighted by Crippen LogP contribution is 2.34. The van der Waals surface area contributed by atoms with E-state index in [4.69, 9.17) is 23.2 Å². The third kappa shape index (κ3) is 2.48. The molecule has 0 N–H and O–H groups in total. The minimum atomic E-state index is -0.656. The molecular formula is C8H4BrCl2NO3. The van der Waals surface area contributed by atoms with E-state index in [0.29, 0.717) is 0 Å². The third-order valence-corrected chi connectivity index (χ3v) is 3.06. The molecule has 7 heteroatoms. The lowest BCUT2D eigenvalue weighted by Gasteiger charge is -2.03. The summed E-state index contributed by atoms with van der Waals surface area (Å²) in [7, 11) is 0. The molecule has 0 radical (unpaired) electrons. The number of nitro benzene ring substituents is 1. The number of benzene rings is 1. The number of alkyl halides is 1. The third-order valence-electron chi connectivity index (χ3n) is 1.68. The lowest BCUT2D eigenvalue weighted by molar-refractivity contribution is -0.384. The van der Waals surface area contributed by atoms with Gasteiger partial charge in [-0.15, -0.1) is 0 Å². The molecule has 80 valence electrons. The van der Waals surface area contributed by atoms with Gasteiger partial charge in [-0.05, 0) is 6.07 Å². The van der Waals surface area contributed by atoms with Crippen LogP contribution in [0, 0.1) is 10.1 Å². The van der Waals surface area contributed by atoms with Gasteiger partial charge in [-0.1, -0.05) is 39.1 Å². The summed E-state index contributed by atoms with van der Waals surface area (Å²) in [4.78, 5) is 21.1. The van der Waals surface area contributed by atoms with Gasteiger partial charge in [0.2, 0.25) is 0 Å². The predicted octanol–water partition coefficient (Wildman–Crippen LogP) is 3.48. The lowest BCUT2D eigenvalue weighted by Crippen LogP contribution is -2.02. The molecule has 0 saturated heterocycles. The van der Waals surface area contributed by atoms with Crippen LogP contribution in [-0.4, -0.2) is 16.0 Å². The largest absolute Gasteiger partial charge is 0.293 e. The average Bonchev–Trinajstić information content (AvgIpc) is 2.20. The van der Waals surface area contributed by atoms with Crippen LogP contribution in [-0.2, 0) is 0 Å². The van der Waals surface area contributed by atoms with E-state index in [1.807, 2.05) is 0 Å². The summed E-state index contributed by atoms with van der Waals surface area (Å²) in [6.07, 6.45) is 0. The molecule has 1 rings (SSSR count). The molecule has 0 amide bonds. The van der Waals surface area contributed by atoms with Gasteiger partial charge in [0.25, 0.3) is 5.69 Å². The van der Waals surface area contributed by atoms with E-state index in [2.05, 4.69) is 15.9 Å². The van der Waals surface area contributed by atoms with Crippen molar-refractivity contribution in [3.63, 3.8) is 0 Å². The number of Topliss-reactive ketones (excluding diaryl/α,β-unsaturated/α-hetero) is 1. The summed E-state index contributed by atoms with van der Waals surface area (Å²) in [5.41, 5.74) is -0.142. The molecule has 0 heterocycles. The zero-order valence-corrected chi connectivity index (χ0v) is 10.3. The SMILES string of the molecule is O=C(CBr)c1ccc([N+](=O)[O-])c(Cl)c1Cl. The number of carbonyl (C=O) groups is 1. The summed E-state index contributed by atoms with van der Waals surface area (Å²) in [6.45, 7) is 0.